The van der Waals surface area contributed by atoms with Gasteiger partial charge < -0.3 is 0 Å². The van der Waals surface area contributed by atoms with E-state index in [0.717, 1.165) is 10.1 Å². The number of fused-ring (bicyclic) bond motifs is 3. The van der Waals surface area contributed by atoms with Crippen molar-refractivity contribution in [2.24, 2.45) is 19.2 Å². The van der Waals surface area contributed by atoms with Gasteiger partial charge in [-0.15, -0.1) is 0 Å². The Morgan fingerprint density at radius 3 is 2.42 bits per heavy atom. The topological polar surface area (TPSA) is 77.4 Å². The molecule has 4 aromatic rings. The molecule has 0 spiro atoms. The van der Waals surface area contributed by atoms with Gasteiger partial charge in [0.2, 0.25) is 5.95 Å². The van der Waals surface area contributed by atoms with E-state index in [4.69, 9.17) is 28.3 Å². The van der Waals surface area contributed by atoms with E-state index in [1.165, 1.54) is 23.7 Å². The van der Waals surface area contributed by atoms with Crippen LogP contribution in [-0.4, -0.2) is 24.4 Å². The summed E-state index contributed by atoms with van der Waals surface area (Å²) in [6, 6.07) is 11.2. The monoisotopic (exact) mass is 486 g/mol. The van der Waals surface area contributed by atoms with Crippen LogP contribution in [0.5, 0.6) is 0 Å². The van der Waals surface area contributed by atoms with Crippen molar-refractivity contribution in [3.8, 4) is 0 Å². The molecule has 0 radical (unpaired) electrons. The van der Waals surface area contributed by atoms with Crippen LogP contribution in [0.4, 0.5) is 10.3 Å². The molecule has 1 aliphatic heterocycles. The highest BCUT2D eigenvalue weighted by atomic mass is 35.5. The Kier molecular flexibility index (Phi) is 5.10. The van der Waals surface area contributed by atoms with Crippen LogP contribution < -0.4 is 16.3 Å². The summed E-state index contributed by atoms with van der Waals surface area (Å²) in [5.41, 5.74) is 1.73. The van der Waals surface area contributed by atoms with Crippen molar-refractivity contribution in [3.05, 3.63) is 90.3 Å². The summed E-state index contributed by atoms with van der Waals surface area (Å²) in [5, 5.41) is 7.20. The summed E-state index contributed by atoms with van der Waals surface area (Å²) in [6.45, 7) is 0.502. The number of anilines is 1. The smallest absolute Gasteiger partial charge is 0.297 e. The maximum atomic E-state index is 13.5. The molecular formula is C22H17Cl2FN6O2. The molecule has 0 N–H and O–H groups in total. The first-order chi connectivity index (χ1) is 15.7. The Balaban J connectivity index is 1.72. The average molecular weight is 487 g/mol. The Morgan fingerprint density at radius 2 is 1.73 bits per heavy atom. The molecule has 2 aromatic carbocycles. The fourth-order valence-electron chi connectivity index (χ4n) is 3.86. The summed E-state index contributed by atoms with van der Waals surface area (Å²) in [7, 11) is 2.99. The van der Waals surface area contributed by atoms with Crippen LogP contribution in [0, 0.1) is 5.82 Å². The number of nitrogens with zero attached hydrogens (tertiary/aromatic N) is 6. The molecule has 0 fully saturated rings. The van der Waals surface area contributed by atoms with E-state index < -0.39 is 11.2 Å². The maximum Gasteiger partial charge on any atom is 0.332 e. The first-order valence-electron chi connectivity index (χ1n) is 9.95. The highest BCUT2D eigenvalue weighted by Gasteiger charge is 2.28. The first kappa shape index (κ1) is 21.4. The Bertz CT molecular complexity index is 1570. The standard InChI is InChI=1S/C22H17Cl2FN6O2/c1-28-19-18(20(32)29(2)22(28)33)30-11-17(13-4-6-14(25)7-5-13)27-31(21(30)26-19)10-12-3-8-15(23)16(24)9-12/h3-9H,10-11H2,1-2H3. The van der Waals surface area contributed by atoms with Crippen LogP contribution in [-0.2, 0) is 27.2 Å². The Morgan fingerprint density at radius 1 is 1.00 bits per heavy atom. The van der Waals surface area contributed by atoms with Gasteiger partial charge in [0.15, 0.2) is 11.2 Å². The van der Waals surface area contributed by atoms with Gasteiger partial charge in [-0.05, 0) is 35.4 Å². The highest BCUT2D eigenvalue weighted by Crippen LogP contribution is 2.29. The molecule has 0 saturated carbocycles. The normalized spacial score (nSPS) is 13.4. The third-order valence-corrected chi connectivity index (χ3v) is 6.34. The predicted octanol–water partition coefficient (Wildman–Crippen LogP) is 3.30. The molecule has 5 rings (SSSR count). The van der Waals surface area contributed by atoms with Crippen LogP contribution in [0.25, 0.3) is 11.2 Å². The largest absolute Gasteiger partial charge is 0.332 e. The van der Waals surface area contributed by atoms with Crippen molar-refractivity contribution >= 4 is 46.0 Å². The van der Waals surface area contributed by atoms with Crippen LogP contribution in [0.1, 0.15) is 11.1 Å². The molecule has 0 bridgehead atoms. The first-order valence-corrected chi connectivity index (χ1v) is 10.7. The second-order valence-electron chi connectivity index (χ2n) is 7.74. The second-order valence-corrected chi connectivity index (χ2v) is 8.55. The molecular weight excluding hydrogens is 470 g/mol. The van der Waals surface area contributed by atoms with Gasteiger partial charge in [-0.3, -0.25) is 18.5 Å². The lowest BCUT2D eigenvalue weighted by Gasteiger charge is -2.26. The summed E-state index contributed by atoms with van der Waals surface area (Å²) in [5.74, 6) is 0.0423. The van der Waals surface area contributed by atoms with Gasteiger partial charge in [0.1, 0.15) is 5.82 Å². The highest BCUT2D eigenvalue weighted by molar-refractivity contribution is 6.42. The Hall–Kier alpha value is -3.43. The SMILES string of the molecule is Cn1c(=O)c2c(nc3n2CC(c2ccc(F)cc2)=NN3Cc2ccc(Cl)c(Cl)c2)n(C)c1=O. The van der Waals surface area contributed by atoms with Gasteiger partial charge in [-0.2, -0.15) is 10.1 Å². The molecule has 3 heterocycles. The molecule has 1 aliphatic rings. The molecule has 0 unspecified atom stereocenters. The molecule has 0 saturated heterocycles. The van der Waals surface area contributed by atoms with Gasteiger partial charge in [0.05, 0.1) is 28.8 Å². The minimum atomic E-state index is -0.473. The van der Waals surface area contributed by atoms with Crippen molar-refractivity contribution in [2.75, 3.05) is 5.01 Å². The zero-order valence-electron chi connectivity index (χ0n) is 17.6. The number of hydrogen-bond acceptors (Lipinski definition) is 5. The van der Waals surface area contributed by atoms with Gasteiger partial charge in [0, 0.05) is 14.1 Å². The minimum Gasteiger partial charge on any atom is -0.297 e. The van der Waals surface area contributed by atoms with Crippen molar-refractivity contribution in [3.63, 3.8) is 0 Å². The Labute approximate surface area is 196 Å². The van der Waals surface area contributed by atoms with E-state index >= 15 is 0 Å². The zero-order chi connectivity index (χ0) is 23.4. The number of rotatable bonds is 3. The quantitative estimate of drug-likeness (QED) is 0.445. The van der Waals surface area contributed by atoms with Gasteiger partial charge in [0.25, 0.3) is 5.56 Å². The van der Waals surface area contributed by atoms with E-state index in [9.17, 15) is 14.0 Å². The van der Waals surface area contributed by atoms with E-state index in [0.29, 0.717) is 27.3 Å². The van der Waals surface area contributed by atoms with Gasteiger partial charge in [-0.25, -0.2) is 14.2 Å². The zero-order valence-corrected chi connectivity index (χ0v) is 19.1. The molecule has 0 amide bonds. The average Bonchev–Trinajstić information content (AvgIpc) is 3.19. The van der Waals surface area contributed by atoms with Crippen LogP contribution in [0.2, 0.25) is 10.0 Å². The lowest BCUT2D eigenvalue weighted by atomic mass is 10.1. The van der Waals surface area contributed by atoms with Crippen LogP contribution in [0.3, 0.4) is 0 Å². The molecule has 11 heteroatoms. The summed E-state index contributed by atoms with van der Waals surface area (Å²) in [4.78, 5) is 30.1. The maximum absolute atomic E-state index is 13.5. The third kappa shape index (κ3) is 3.53. The van der Waals surface area contributed by atoms with Gasteiger partial charge >= 0.3 is 5.69 Å². The summed E-state index contributed by atoms with van der Waals surface area (Å²) >= 11 is 12.2. The van der Waals surface area contributed by atoms with E-state index in [1.807, 2.05) is 6.07 Å². The van der Waals surface area contributed by atoms with E-state index in [1.54, 1.807) is 40.9 Å². The molecule has 33 heavy (non-hydrogen) atoms. The summed E-state index contributed by atoms with van der Waals surface area (Å²) < 4.78 is 17.6. The number of hydrazone groups is 1. The predicted molar refractivity (Wildman–Crippen MR) is 126 cm³/mol. The lowest BCUT2D eigenvalue weighted by molar-refractivity contribution is 0.627. The van der Waals surface area contributed by atoms with Crippen molar-refractivity contribution < 1.29 is 4.39 Å². The minimum absolute atomic E-state index is 0.225. The molecule has 0 aliphatic carbocycles. The molecule has 8 nitrogen and oxygen atoms in total. The summed E-state index contributed by atoms with van der Waals surface area (Å²) in [6.07, 6.45) is 0. The number of imidazole rings is 1. The molecule has 2 aromatic heterocycles. The van der Waals surface area contributed by atoms with Crippen molar-refractivity contribution in [1.82, 2.24) is 18.7 Å². The van der Waals surface area contributed by atoms with Crippen LogP contribution >= 0.6 is 23.2 Å². The molecule has 0 atom stereocenters. The molecule has 168 valence electrons. The number of hydrogen-bond donors (Lipinski definition) is 0. The lowest BCUT2D eigenvalue weighted by Crippen LogP contribution is -2.38. The number of benzene rings is 2. The van der Waals surface area contributed by atoms with Crippen LogP contribution in [0.15, 0.2) is 57.2 Å². The number of aromatic nitrogens is 4. The number of halogens is 3. The van der Waals surface area contributed by atoms with E-state index in [2.05, 4.69) is 4.98 Å². The fraction of sp³-hybridized carbons (Fsp3) is 0.182. The fourth-order valence-corrected chi connectivity index (χ4v) is 4.18. The van der Waals surface area contributed by atoms with Crippen molar-refractivity contribution in [1.29, 1.82) is 0 Å². The van der Waals surface area contributed by atoms with Gasteiger partial charge in [-0.1, -0.05) is 41.4 Å². The van der Waals surface area contributed by atoms with Crippen molar-refractivity contribution in [2.45, 2.75) is 13.1 Å². The second kappa shape index (κ2) is 7.86. The third-order valence-electron chi connectivity index (χ3n) is 5.60. The number of aryl methyl sites for hydroxylation is 1. The van der Waals surface area contributed by atoms with E-state index in [-0.39, 0.29) is 30.1 Å².